The smallest absolute Gasteiger partial charge is 0.253 e. The monoisotopic (exact) mass is 349 g/mol. The molecule has 4 nitrogen and oxygen atoms in total. The van der Waals surface area contributed by atoms with Crippen molar-refractivity contribution in [3.63, 3.8) is 0 Å². The molecule has 0 bridgehead atoms. The molecule has 21 heavy (non-hydrogen) atoms. The Morgan fingerprint density at radius 1 is 1.33 bits per heavy atom. The van der Waals surface area contributed by atoms with Gasteiger partial charge < -0.3 is 11.1 Å². The minimum atomic E-state index is -0.453. The van der Waals surface area contributed by atoms with Crippen LogP contribution in [0.5, 0.6) is 0 Å². The Labute approximate surface area is 141 Å². The molecule has 2 aromatic rings. The maximum atomic E-state index is 12.2. The van der Waals surface area contributed by atoms with Crippen LogP contribution in [-0.2, 0) is 0 Å². The Morgan fingerprint density at radius 3 is 2.62 bits per heavy atom. The van der Waals surface area contributed by atoms with Gasteiger partial charge in [0.15, 0.2) is 0 Å². The molecule has 1 heterocycles. The molecule has 0 spiro atoms. The molecular weight excluding hydrogens is 333 g/mol. The molecule has 1 aromatic carbocycles. The third-order valence-corrected chi connectivity index (χ3v) is 3.00. The zero-order valence-electron chi connectivity index (χ0n) is 11.7. The molecule has 0 saturated heterocycles. The highest BCUT2D eigenvalue weighted by Gasteiger charge is 2.16. The lowest BCUT2D eigenvalue weighted by Gasteiger charge is -2.19. The van der Waals surface area contributed by atoms with E-state index in [1.807, 2.05) is 19.9 Å². The molecule has 0 saturated carbocycles. The predicted molar refractivity (Wildman–Crippen MR) is 91.8 cm³/mol. The van der Waals surface area contributed by atoms with Gasteiger partial charge in [-0.2, -0.15) is 0 Å². The molecule has 1 aromatic heterocycles. The van der Waals surface area contributed by atoms with E-state index < -0.39 is 5.54 Å². The third-order valence-electron chi connectivity index (χ3n) is 2.67. The van der Waals surface area contributed by atoms with Gasteiger partial charge in [-0.15, -0.1) is 24.8 Å². The third kappa shape index (κ3) is 5.00. The summed E-state index contributed by atoms with van der Waals surface area (Å²) >= 11 is 6.09. The first-order chi connectivity index (χ1) is 8.88. The van der Waals surface area contributed by atoms with Crippen LogP contribution in [0.3, 0.4) is 0 Å². The Hall–Kier alpha value is -1.07. The number of hydrogen-bond acceptors (Lipinski definition) is 3. The number of aromatic nitrogens is 1. The summed E-state index contributed by atoms with van der Waals surface area (Å²) < 4.78 is 0. The lowest BCUT2D eigenvalue weighted by Crippen LogP contribution is -2.45. The standard InChI is InChI=1S/C14H16ClN3O.2ClH/c1-14(2,16)8-18-13(19)10-5-6-11(15)9-4-3-7-17-12(9)10;;/h3-7H,8,16H2,1-2H3,(H,18,19);2*1H. The topological polar surface area (TPSA) is 68.0 Å². The van der Waals surface area contributed by atoms with Crippen molar-refractivity contribution < 1.29 is 4.79 Å². The Balaban J connectivity index is 0.00000200. The van der Waals surface area contributed by atoms with Crippen molar-refractivity contribution in [2.45, 2.75) is 19.4 Å². The molecule has 116 valence electrons. The first-order valence-corrected chi connectivity index (χ1v) is 6.36. The number of benzene rings is 1. The number of fused-ring (bicyclic) bond motifs is 1. The van der Waals surface area contributed by atoms with Crippen LogP contribution in [0.1, 0.15) is 24.2 Å². The van der Waals surface area contributed by atoms with Gasteiger partial charge in [-0.1, -0.05) is 11.6 Å². The second-order valence-corrected chi connectivity index (χ2v) is 5.57. The zero-order chi connectivity index (χ0) is 14.0. The fourth-order valence-electron chi connectivity index (χ4n) is 1.72. The summed E-state index contributed by atoms with van der Waals surface area (Å²) in [5.74, 6) is -0.195. The van der Waals surface area contributed by atoms with Crippen LogP contribution in [-0.4, -0.2) is 23.0 Å². The predicted octanol–water partition coefficient (Wildman–Crippen LogP) is 3.20. The average molecular weight is 351 g/mol. The van der Waals surface area contributed by atoms with Crippen LogP contribution in [0.25, 0.3) is 10.9 Å². The van der Waals surface area contributed by atoms with Crippen molar-refractivity contribution in [2.24, 2.45) is 5.73 Å². The molecule has 0 aliphatic heterocycles. The lowest BCUT2D eigenvalue weighted by molar-refractivity contribution is 0.0947. The highest BCUT2D eigenvalue weighted by Crippen LogP contribution is 2.24. The normalized spacial score (nSPS) is 10.5. The fraction of sp³-hybridized carbons (Fsp3) is 0.286. The molecule has 0 fully saturated rings. The summed E-state index contributed by atoms with van der Waals surface area (Å²) in [6, 6.07) is 7.01. The van der Waals surface area contributed by atoms with Crippen LogP contribution in [0.2, 0.25) is 5.02 Å². The largest absolute Gasteiger partial charge is 0.350 e. The molecule has 1 amide bonds. The second kappa shape index (κ2) is 7.80. The number of nitrogens with zero attached hydrogens (tertiary/aromatic N) is 1. The maximum absolute atomic E-state index is 12.2. The number of hydrogen-bond donors (Lipinski definition) is 2. The SMILES string of the molecule is CC(C)(N)CNC(=O)c1ccc(Cl)c2cccnc12.Cl.Cl. The second-order valence-electron chi connectivity index (χ2n) is 5.17. The number of nitrogens with two attached hydrogens (primary N) is 1. The number of carbonyl (C=O) groups excluding carboxylic acids is 1. The van der Waals surface area contributed by atoms with Gasteiger partial charge in [0.05, 0.1) is 16.1 Å². The van der Waals surface area contributed by atoms with E-state index in [0.717, 1.165) is 5.39 Å². The maximum Gasteiger partial charge on any atom is 0.253 e. The first kappa shape index (κ1) is 19.9. The van der Waals surface area contributed by atoms with Crippen LogP contribution in [0.4, 0.5) is 0 Å². The van der Waals surface area contributed by atoms with Crippen LogP contribution in [0, 0.1) is 0 Å². The molecule has 0 aliphatic carbocycles. The number of nitrogens with one attached hydrogen (secondary N) is 1. The van der Waals surface area contributed by atoms with Crippen molar-refractivity contribution in [3.8, 4) is 0 Å². The molecule has 0 aliphatic rings. The van der Waals surface area contributed by atoms with Crippen molar-refractivity contribution in [2.75, 3.05) is 6.54 Å². The lowest BCUT2D eigenvalue weighted by atomic mass is 10.1. The number of halogens is 3. The van der Waals surface area contributed by atoms with Crippen molar-refractivity contribution >= 4 is 53.2 Å². The molecule has 0 radical (unpaired) electrons. The molecule has 7 heteroatoms. The van der Waals surface area contributed by atoms with Crippen LogP contribution in [0.15, 0.2) is 30.5 Å². The van der Waals surface area contributed by atoms with Crippen molar-refractivity contribution in [1.29, 1.82) is 0 Å². The van der Waals surface area contributed by atoms with E-state index in [4.69, 9.17) is 17.3 Å². The number of amides is 1. The summed E-state index contributed by atoms with van der Waals surface area (Å²) in [5, 5.41) is 4.15. The summed E-state index contributed by atoms with van der Waals surface area (Å²) in [6.45, 7) is 4.10. The van der Waals surface area contributed by atoms with E-state index in [1.165, 1.54) is 0 Å². The van der Waals surface area contributed by atoms with Crippen molar-refractivity contribution in [3.05, 3.63) is 41.0 Å². The number of pyridine rings is 1. The van der Waals surface area contributed by atoms with E-state index in [-0.39, 0.29) is 30.7 Å². The van der Waals surface area contributed by atoms with E-state index in [9.17, 15) is 4.79 Å². The quantitative estimate of drug-likeness (QED) is 0.893. The highest BCUT2D eigenvalue weighted by molar-refractivity contribution is 6.36. The highest BCUT2D eigenvalue weighted by atomic mass is 35.5. The molecule has 3 N–H and O–H groups in total. The van der Waals surface area contributed by atoms with Crippen LogP contribution < -0.4 is 11.1 Å². The van der Waals surface area contributed by atoms with E-state index in [1.54, 1.807) is 24.4 Å². The van der Waals surface area contributed by atoms with E-state index in [2.05, 4.69) is 10.3 Å². The molecule has 0 atom stereocenters. The Kier molecular flexibility index (Phi) is 7.40. The summed E-state index contributed by atoms with van der Waals surface area (Å²) in [4.78, 5) is 16.4. The summed E-state index contributed by atoms with van der Waals surface area (Å²) in [7, 11) is 0. The van der Waals surface area contributed by atoms with E-state index >= 15 is 0 Å². The fourth-order valence-corrected chi connectivity index (χ4v) is 1.94. The first-order valence-electron chi connectivity index (χ1n) is 5.99. The van der Waals surface area contributed by atoms with Crippen LogP contribution >= 0.6 is 36.4 Å². The van der Waals surface area contributed by atoms with Gasteiger partial charge in [-0.05, 0) is 38.1 Å². The summed E-state index contributed by atoms with van der Waals surface area (Å²) in [5.41, 5.74) is 6.50. The van der Waals surface area contributed by atoms with Crippen molar-refractivity contribution in [1.82, 2.24) is 10.3 Å². The Bertz CT molecular complexity index is 626. The van der Waals surface area contributed by atoms with Gasteiger partial charge in [-0.25, -0.2) is 0 Å². The average Bonchev–Trinajstić information content (AvgIpc) is 2.36. The molecule has 0 unspecified atom stereocenters. The number of rotatable bonds is 3. The van der Waals surface area contributed by atoms with E-state index in [0.29, 0.717) is 22.6 Å². The minimum absolute atomic E-state index is 0. The van der Waals surface area contributed by atoms with Gasteiger partial charge in [0.2, 0.25) is 0 Å². The Morgan fingerprint density at radius 2 is 2.00 bits per heavy atom. The minimum Gasteiger partial charge on any atom is -0.350 e. The molecule has 2 rings (SSSR count). The molecular formula is C14H18Cl3N3O. The van der Waals surface area contributed by atoms with Gasteiger partial charge in [0, 0.05) is 23.7 Å². The van der Waals surface area contributed by atoms with Gasteiger partial charge in [0.25, 0.3) is 5.91 Å². The zero-order valence-corrected chi connectivity index (χ0v) is 14.1. The van der Waals surface area contributed by atoms with Gasteiger partial charge in [0.1, 0.15) is 0 Å². The van der Waals surface area contributed by atoms with Gasteiger partial charge in [-0.3, -0.25) is 9.78 Å². The number of carbonyl (C=O) groups is 1. The summed E-state index contributed by atoms with van der Waals surface area (Å²) in [6.07, 6.45) is 1.64. The van der Waals surface area contributed by atoms with Gasteiger partial charge >= 0.3 is 0 Å².